The molecule has 0 saturated heterocycles. The highest BCUT2D eigenvalue weighted by Crippen LogP contribution is 2.56. The van der Waals surface area contributed by atoms with Gasteiger partial charge in [0.2, 0.25) is 5.91 Å². The minimum absolute atomic E-state index is 0.163. The summed E-state index contributed by atoms with van der Waals surface area (Å²) < 4.78 is 5.46. The van der Waals surface area contributed by atoms with Crippen molar-refractivity contribution in [2.45, 2.75) is 70.6 Å². The van der Waals surface area contributed by atoms with E-state index in [1.54, 1.807) is 13.3 Å². The Morgan fingerprint density at radius 2 is 2.13 bits per heavy atom. The molecule has 1 heterocycles. The van der Waals surface area contributed by atoms with Crippen molar-refractivity contribution < 1.29 is 9.53 Å². The molecule has 0 aliphatic heterocycles. The maximum Gasteiger partial charge on any atom is 0.220 e. The van der Waals surface area contributed by atoms with Gasteiger partial charge < -0.3 is 10.1 Å². The highest BCUT2D eigenvalue weighted by Gasteiger charge is 2.49. The average Bonchev–Trinajstić information content (AvgIpc) is 3.59. The third kappa shape index (κ3) is 6.56. The molecule has 1 aliphatic rings. The molecule has 1 aromatic carbocycles. The number of aryl methyl sites for hydroxylation is 1. The number of carbonyl (C=O) groups is 1. The first-order chi connectivity index (χ1) is 15.1. The van der Waals surface area contributed by atoms with Crippen molar-refractivity contribution in [2.24, 2.45) is 11.8 Å². The number of pyridine rings is 1. The molecule has 0 spiro atoms. The summed E-state index contributed by atoms with van der Waals surface area (Å²) >= 11 is 0. The molecule has 1 aromatic heterocycles. The Morgan fingerprint density at radius 3 is 2.87 bits per heavy atom. The van der Waals surface area contributed by atoms with Crippen LogP contribution >= 0.6 is 0 Å². The number of nitrogens with zero attached hydrogens (tertiary/aromatic N) is 1. The number of hydrogen-bond donors (Lipinski definition) is 1. The van der Waals surface area contributed by atoms with Crippen LogP contribution < -0.4 is 10.1 Å². The Hall–Kier alpha value is -2.36. The number of benzene rings is 1. The van der Waals surface area contributed by atoms with E-state index in [9.17, 15) is 4.79 Å². The van der Waals surface area contributed by atoms with E-state index < -0.39 is 0 Å². The van der Waals surface area contributed by atoms with E-state index in [0.29, 0.717) is 18.3 Å². The molecular weight excluding hydrogens is 384 g/mol. The predicted molar refractivity (Wildman–Crippen MR) is 126 cm³/mol. The second-order valence-electron chi connectivity index (χ2n) is 9.21. The minimum Gasteiger partial charge on any atom is -0.497 e. The number of methoxy groups -OCH3 is 1. The van der Waals surface area contributed by atoms with Crippen molar-refractivity contribution in [1.29, 1.82) is 0 Å². The minimum atomic E-state index is 0.163. The molecule has 0 radical (unpaired) electrons. The molecule has 1 N–H and O–H groups in total. The molecule has 1 saturated carbocycles. The summed E-state index contributed by atoms with van der Waals surface area (Å²) in [4.78, 5) is 16.5. The molecule has 168 valence electrons. The zero-order valence-electron chi connectivity index (χ0n) is 19.4. The van der Waals surface area contributed by atoms with Crippen molar-refractivity contribution >= 4 is 5.91 Å². The number of amides is 1. The van der Waals surface area contributed by atoms with Crippen LogP contribution in [-0.4, -0.2) is 24.5 Å². The van der Waals surface area contributed by atoms with Crippen LogP contribution in [0.4, 0.5) is 0 Å². The molecule has 3 rings (SSSR count). The van der Waals surface area contributed by atoms with Crippen molar-refractivity contribution in [2.75, 3.05) is 13.7 Å². The average molecular weight is 423 g/mol. The van der Waals surface area contributed by atoms with Gasteiger partial charge in [0.15, 0.2) is 0 Å². The Labute approximate surface area is 187 Å². The molecule has 3 atom stereocenters. The summed E-state index contributed by atoms with van der Waals surface area (Å²) in [7, 11) is 1.73. The molecule has 1 aliphatic carbocycles. The highest BCUT2D eigenvalue weighted by atomic mass is 16.5. The van der Waals surface area contributed by atoms with Crippen LogP contribution in [-0.2, 0) is 16.6 Å². The summed E-state index contributed by atoms with van der Waals surface area (Å²) in [6, 6.07) is 12.6. The van der Waals surface area contributed by atoms with Gasteiger partial charge >= 0.3 is 0 Å². The molecular formula is C27H38N2O2. The summed E-state index contributed by atoms with van der Waals surface area (Å²) in [5.74, 6) is 2.44. The molecule has 1 unspecified atom stereocenters. The maximum atomic E-state index is 12.3. The van der Waals surface area contributed by atoms with E-state index in [-0.39, 0.29) is 11.3 Å². The number of carbonyl (C=O) groups excluding carboxylic acids is 1. The summed E-state index contributed by atoms with van der Waals surface area (Å²) in [6.07, 6.45) is 12.0. The first-order valence-electron chi connectivity index (χ1n) is 11.9. The van der Waals surface area contributed by atoms with Gasteiger partial charge in [0.1, 0.15) is 5.75 Å². The number of hydrogen-bond acceptors (Lipinski definition) is 3. The molecule has 4 nitrogen and oxygen atoms in total. The lowest BCUT2D eigenvalue weighted by molar-refractivity contribution is -0.121. The molecule has 2 aromatic rings. The zero-order valence-corrected chi connectivity index (χ0v) is 19.4. The van der Waals surface area contributed by atoms with Crippen LogP contribution in [0.1, 0.15) is 69.9 Å². The third-order valence-electron chi connectivity index (χ3n) is 6.92. The van der Waals surface area contributed by atoms with Gasteiger partial charge in [-0.15, -0.1) is 0 Å². The number of nitrogens with one attached hydrogen (secondary N) is 1. The Balaban J connectivity index is 1.39. The van der Waals surface area contributed by atoms with E-state index in [1.165, 1.54) is 24.0 Å². The van der Waals surface area contributed by atoms with Crippen LogP contribution in [0.15, 0.2) is 48.8 Å². The van der Waals surface area contributed by atoms with Gasteiger partial charge in [-0.1, -0.05) is 38.5 Å². The quantitative estimate of drug-likeness (QED) is 0.421. The van der Waals surface area contributed by atoms with Crippen LogP contribution in [0.25, 0.3) is 0 Å². The first-order valence-corrected chi connectivity index (χ1v) is 11.9. The van der Waals surface area contributed by atoms with Gasteiger partial charge in [0, 0.05) is 25.4 Å². The van der Waals surface area contributed by atoms with E-state index in [1.807, 2.05) is 18.3 Å². The van der Waals surface area contributed by atoms with Gasteiger partial charge in [0.25, 0.3) is 0 Å². The predicted octanol–water partition coefficient (Wildman–Crippen LogP) is 5.70. The fraction of sp³-hybridized carbons (Fsp3) is 0.556. The van der Waals surface area contributed by atoms with Gasteiger partial charge in [-0.05, 0) is 85.1 Å². The summed E-state index contributed by atoms with van der Waals surface area (Å²) in [6.45, 7) is 5.43. The number of rotatable bonds is 13. The summed E-state index contributed by atoms with van der Waals surface area (Å²) in [5.41, 5.74) is 2.80. The van der Waals surface area contributed by atoms with Crippen LogP contribution in [0.3, 0.4) is 0 Å². The lowest BCUT2D eigenvalue weighted by atomic mass is 9.73. The largest absolute Gasteiger partial charge is 0.497 e. The number of ether oxygens (including phenoxy) is 1. The number of unbranched alkanes of at least 4 members (excludes halogenated alkanes) is 1. The highest BCUT2D eigenvalue weighted by molar-refractivity contribution is 5.75. The monoisotopic (exact) mass is 422 g/mol. The Kier molecular flexibility index (Phi) is 8.51. The normalized spacial score (nSPS) is 19.5. The lowest BCUT2D eigenvalue weighted by Crippen LogP contribution is -2.26. The second kappa shape index (κ2) is 11.3. The zero-order chi connectivity index (χ0) is 22.1. The first kappa shape index (κ1) is 23.3. The van der Waals surface area contributed by atoms with Crippen LogP contribution in [0.5, 0.6) is 5.75 Å². The van der Waals surface area contributed by atoms with Gasteiger partial charge in [0.05, 0.1) is 7.11 Å². The molecule has 1 fully saturated rings. The molecule has 31 heavy (non-hydrogen) atoms. The van der Waals surface area contributed by atoms with Crippen molar-refractivity contribution in [3.05, 3.63) is 59.9 Å². The van der Waals surface area contributed by atoms with E-state index >= 15 is 0 Å². The second-order valence-corrected chi connectivity index (χ2v) is 9.21. The topological polar surface area (TPSA) is 51.2 Å². The molecule has 4 heteroatoms. The van der Waals surface area contributed by atoms with Crippen LogP contribution in [0.2, 0.25) is 0 Å². The Bertz CT molecular complexity index is 823. The number of aromatic nitrogens is 1. The third-order valence-corrected chi connectivity index (χ3v) is 6.92. The van der Waals surface area contributed by atoms with Crippen molar-refractivity contribution in [3.8, 4) is 5.75 Å². The molecule has 1 amide bonds. The van der Waals surface area contributed by atoms with E-state index in [0.717, 1.165) is 44.4 Å². The van der Waals surface area contributed by atoms with E-state index in [2.05, 4.69) is 48.4 Å². The maximum absolute atomic E-state index is 12.3. The fourth-order valence-corrected chi connectivity index (χ4v) is 5.02. The lowest BCUT2D eigenvalue weighted by Gasteiger charge is -2.31. The van der Waals surface area contributed by atoms with Crippen LogP contribution in [0, 0.1) is 11.8 Å². The smallest absolute Gasteiger partial charge is 0.220 e. The Morgan fingerprint density at radius 1 is 1.26 bits per heavy atom. The van der Waals surface area contributed by atoms with Crippen molar-refractivity contribution in [1.82, 2.24) is 10.3 Å². The van der Waals surface area contributed by atoms with E-state index in [4.69, 9.17) is 4.74 Å². The SMILES string of the molecule is CCC[C@](C)(c1cccc(OC)c1)C1C[C@@H]1CCC(=O)NCCCCc1cccnc1. The summed E-state index contributed by atoms with van der Waals surface area (Å²) in [5, 5.41) is 3.11. The molecule has 0 bridgehead atoms. The fourth-order valence-electron chi connectivity index (χ4n) is 5.02. The van der Waals surface area contributed by atoms with Crippen molar-refractivity contribution in [3.63, 3.8) is 0 Å². The van der Waals surface area contributed by atoms with Gasteiger partial charge in [-0.2, -0.15) is 0 Å². The van der Waals surface area contributed by atoms with Gasteiger partial charge in [-0.3, -0.25) is 9.78 Å². The standard InChI is InChI=1S/C27H38N2O2/c1-4-15-27(2,23-11-7-12-24(19-23)31-3)25-18-22(25)13-14-26(30)29-17-6-5-9-21-10-8-16-28-20-21/h7-8,10-12,16,19-20,22,25H,4-6,9,13-15,17-18H2,1-3H3,(H,29,30)/t22-,25?,27+/m0/s1. The van der Waals surface area contributed by atoms with Gasteiger partial charge in [-0.25, -0.2) is 0 Å².